The molecule has 116 valence electrons. The highest BCUT2D eigenvalue weighted by atomic mass is 16.3. The van der Waals surface area contributed by atoms with E-state index in [2.05, 4.69) is 10.3 Å². The Kier molecular flexibility index (Phi) is 4.11. The Morgan fingerprint density at radius 3 is 3.09 bits per heavy atom. The molecule has 2 amide bonds. The van der Waals surface area contributed by atoms with Gasteiger partial charge in [0.15, 0.2) is 0 Å². The van der Waals surface area contributed by atoms with Crippen LogP contribution >= 0.6 is 0 Å². The number of aliphatic hydroxyl groups is 1. The van der Waals surface area contributed by atoms with Crippen LogP contribution in [0.1, 0.15) is 12.8 Å². The van der Waals surface area contributed by atoms with Gasteiger partial charge in [-0.1, -0.05) is 12.1 Å². The van der Waals surface area contributed by atoms with E-state index in [0.717, 1.165) is 29.9 Å². The zero-order valence-electron chi connectivity index (χ0n) is 12.6. The van der Waals surface area contributed by atoms with Gasteiger partial charge in [-0.25, -0.2) is 9.78 Å². The highest BCUT2D eigenvalue weighted by molar-refractivity contribution is 5.90. The molecule has 0 saturated carbocycles. The van der Waals surface area contributed by atoms with Crippen LogP contribution in [-0.4, -0.2) is 44.8 Å². The van der Waals surface area contributed by atoms with Crippen LogP contribution in [0.4, 0.5) is 10.5 Å². The maximum Gasteiger partial charge on any atom is 0.322 e. The van der Waals surface area contributed by atoms with Crippen molar-refractivity contribution in [3.63, 3.8) is 0 Å². The molecule has 1 aliphatic heterocycles. The number of hydrogen-bond donors (Lipinski definition) is 2. The average Bonchev–Trinajstić information content (AvgIpc) is 3.15. The Hall–Kier alpha value is -2.34. The normalized spacial score (nSPS) is 17.7. The number of imidazole rings is 1. The molecule has 2 N–H and O–H groups in total. The predicted octanol–water partition coefficient (Wildman–Crippen LogP) is 2.08. The summed E-state index contributed by atoms with van der Waals surface area (Å²) in [4.78, 5) is 18.3. The van der Waals surface area contributed by atoms with Gasteiger partial charge in [-0.05, 0) is 25.0 Å². The van der Waals surface area contributed by atoms with Crippen LogP contribution < -0.4 is 5.32 Å². The van der Waals surface area contributed by atoms with Crippen molar-refractivity contribution in [1.82, 2.24) is 14.5 Å². The number of aryl methyl sites for hydroxylation is 1. The highest BCUT2D eigenvalue weighted by Crippen LogP contribution is 2.22. The molecule has 0 unspecified atom stereocenters. The van der Waals surface area contributed by atoms with Gasteiger partial charge in [0, 0.05) is 37.2 Å². The molecular weight excluding hydrogens is 280 g/mol. The van der Waals surface area contributed by atoms with Crippen LogP contribution in [-0.2, 0) is 7.05 Å². The monoisotopic (exact) mass is 300 g/mol. The van der Waals surface area contributed by atoms with E-state index in [1.165, 1.54) is 0 Å². The first-order valence-corrected chi connectivity index (χ1v) is 7.45. The SMILES string of the molecule is Cn1ccnc1-c1cccc(NC(=O)N2CCC[C@@H]2CO)c1. The molecule has 2 aromatic rings. The predicted molar refractivity (Wildman–Crippen MR) is 84.5 cm³/mol. The molecule has 1 aromatic heterocycles. The number of urea groups is 1. The summed E-state index contributed by atoms with van der Waals surface area (Å²) in [5.74, 6) is 0.852. The van der Waals surface area contributed by atoms with Gasteiger partial charge in [-0.2, -0.15) is 0 Å². The average molecular weight is 300 g/mol. The van der Waals surface area contributed by atoms with Crippen molar-refractivity contribution >= 4 is 11.7 Å². The smallest absolute Gasteiger partial charge is 0.322 e. The van der Waals surface area contributed by atoms with Gasteiger partial charge in [-0.15, -0.1) is 0 Å². The van der Waals surface area contributed by atoms with E-state index in [1.807, 2.05) is 42.1 Å². The zero-order valence-corrected chi connectivity index (χ0v) is 12.6. The Morgan fingerprint density at radius 2 is 2.36 bits per heavy atom. The number of carbonyl (C=O) groups is 1. The quantitative estimate of drug-likeness (QED) is 0.911. The van der Waals surface area contributed by atoms with Crippen LogP contribution in [0.5, 0.6) is 0 Å². The summed E-state index contributed by atoms with van der Waals surface area (Å²) in [6.45, 7) is 0.705. The molecule has 0 bridgehead atoms. The second-order valence-corrected chi connectivity index (χ2v) is 5.54. The van der Waals surface area contributed by atoms with Crippen molar-refractivity contribution < 1.29 is 9.90 Å². The molecule has 2 heterocycles. The van der Waals surface area contributed by atoms with Gasteiger partial charge in [0.1, 0.15) is 5.82 Å². The minimum atomic E-state index is -0.159. The standard InChI is InChI=1S/C16H20N4O2/c1-19-9-7-17-15(19)12-4-2-5-13(10-12)18-16(22)20-8-3-6-14(20)11-21/h2,4-5,7,9-10,14,21H,3,6,8,11H2,1H3,(H,18,22)/t14-/m1/s1. The van der Waals surface area contributed by atoms with Crippen LogP contribution in [0.2, 0.25) is 0 Å². The highest BCUT2D eigenvalue weighted by Gasteiger charge is 2.28. The molecule has 6 nitrogen and oxygen atoms in total. The van der Waals surface area contributed by atoms with Crippen molar-refractivity contribution in [3.05, 3.63) is 36.7 Å². The fraction of sp³-hybridized carbons (Fsp3) is 0.375. The molecule has 1 saturated heterocycles. The summed E-state index contributed by atoms with van der Waals surface area (Å²) in [6.07, 6.45) is 5.43. The van der Waals surface area contributed by atoms with E-state index in [-0.39, 0.29) is 18.7 Å². The van der Waals surface area contributed by atoms with Gasteiger partial charge >= 0.3 is 6.03 Å². The Balaban J connectivity index is 1.76. The summed E-state index contributed by atoms with van der Waals surface area (Å²) in [5.41, 5.74) is 1.68. The molecule has 1 atom stereocenters. The summed E-state index contributed by atoms with van der Waals surface area (Å²) >= 11 is 0. The number of hydrogen-bond acceptors (Lipinski definition) is 3. The zero-order chi connectivity index (χ0) is 15.5. The molecule has 0 spiro atoms. The van der Waals surface area contributed by atoms with Crippen molar-refractivity contribution in [1.29, 1.82) is 0 Å². The first-order chi connectivity index (χ1) is 10.7. The largest absolute Gasteiger partial charge is 0.394 e. The van der Waals surface area contributed by atoms with Gasteiger partial charge in [0.2, 0.25) is 0 Å². The number of aromatic nitrogens is 2. The summed E-state index contributed by atoms with van der Waals surface area (Å²) < 4.78 is 1.93. The first kappa shape index (κ1) is 14.6. The number of anilines is 1. The maximum absolute atomic E-state index is 12.3. The Bertz CT molecular complexity index is 668. The second kappa shape index (κ2) is 6.19. The summed E-state index contributed by atoms with van der Waals surface area (Å²) in [6, 6.07) is 7.39. The molecular formula is C16H20N4O2. The molecule has 3 rings (SSSR count). The molecule has 0 aliphatic carbocycles. The van der Waals surface area contributed by atoms with E-state index in [1.54, 1.807) is 11.1 Å². The number of rotatable bonds is 3. The van der Waals surface area contributed by atoms with E-state index in [9.17, 15) is 9.90 Å². The third kappa shape index (κ3) is 2.82. The van der Waals surface area contributed by atoms with Crippen LogP contribution in [0.3, 0.4) is 0 Å². The summed E-state index contributed by atoms with van der Waals surface area (Å²) in [7, 11) is 1.93. The fourth-order valence-corrected chi connectivity index (χ4v) is 2.87. The van der Waals surface area contributed by atoms with Crippen LogP contribution in [0.15, 0.2) is 36.7 Å². The number of aliphatic hydroxyl groups excluding tert-OH is 1. The first-order valence-electron chi connectivity index (χ1n) is 7.45. The lowest BCUT2D eigenvalue weighted by molar-refractivity contribution is 0.166. The van der Waals surface area contributed by atoms with Crippen molar-refractivity contribution in [2.45, 2.75) is 18.9 Å². The maximum atomic E-state index is 12.3. The van der Waals surface area contributed by atoms with E-state index in [0.29, 0.717) is 6.54 Å². The van der Waals surface area contributed by atoms with Gasteiger partial charge in [0.25, 0.3) is 0 Å². The van der Waals surface area contributed by atoms with E-state index < -0.39 is 0 Å². The number of amides is 2. The minimum Gasteiger partial charge on any atom is -0.394 e. The number of benzene rings is 1. The van der Waals surface area contributed by atoms with Crippen molar-refractivity contribution in [3.8, 4) is 11.4 Å². The topological polar surface area (TPSA) is 70.4 Å². The lowest BCUT2D eigenvalue weighted by atomic mass is 10.2. The van der Waals surface area contributed by atoms with Crippen molar-refractivity contribution in [2.24, 2.45) is 7.05 Å². The number of nitrogens with zero attached hydrogens (tertiary/aromatic N) is 3. The minimum absolute atomic E-state index is 0.0146. The molecule has 1 aromatic carbocycles. The number of nitrogens with one attached hydrogen (secondary N) is 1. The molecule has 6 heteroatoms. The van der Waals surface area contributed by atoms with Crippen molar-refractivity contribution in [2.75, 3.05) is 18.5 Å². The third-order valence-electron chi connectivity index (χ3n) is 4.04. The third-order valence-corrected chi connectivity index (χ3v) is 4.04. The van der Waals surface area contributed by atoms with E-state index >= 15 is 0 Å². The fourth-order valence-electron chi connectivity index (χ4n) is 2.87. The van der Waals surface area contributed by atoms with E-state index in [4.69, 9.17) is 0 Å². The van der Waals surface area contributed by atoms with Gasteiger partial charge in [0.05, 0.1) is 12.6 Å². The molecule has 1 aliphatic rings. The van der Waals surface area contributed by atoms with Crippen LogP contribution in [0, 0.1) is 0 Å². The Morgan fingerprint density at radius 1 is 1.50 bits per heavy atom. The van der Waals surface area contributed by atoms with Gasteiger partial charge in [-0.3, -0.25) is 0 Å². The van der Waals surface area contributed by atoms with Gasteiger partial charge < -0.3 is 19.9 Å². The number of carbonyl (C=O) groups excluding carboxylic acids is 1. The van der Waals surface area contributed by atoms with Crippen LogP contribution in [0.25, 0.3) is 11.4 Å². The molecule has 22 heavy (non-hydrogen) atoms. The molecule has 0 radical (unpaired) electrons. The second-order valence-electron chi connectivity index (χ2n) is 5.54. The summed E-state index contributed by atoms with van der Waals surface area (Å²) in [5, 5.41) is 12.2. The number of likely N-dealkylation sites (tertiary alicyclic amines) is 1. The Labute approximate surface area is 129 Å². The molecule has 1 fully saturated rings. The lowest BCUT2D eigenvalue weighted by Gasteiger charge is -2.23. The lowest BCUT2D eigenvalue weighted by Crippen LogP contribution is -2.40.